The SMILES string of the molecule is N#CC1=C(N)OC2=C(C(=O)CCC2)[C@H]1c1ccc(-c2ccc(Cl)c(Cl)c2)o1. The number of hydrogen-bond donors (Lipinski definition) is 1. The second kappa shape index (κ2) is 6.80. The molecule has 0 fully saturated rings. The monoisotopic (exact) mass is 400 g/mol. The Morgan fingerprint density at radius 2 is 1.96 bits per heavy atom. The predicted molar refractivity (Wildman–Crippen MR) is 101 cm³/mol. The van der Waals surface area contributed by atoms with Crippen LogP contribution >= 0.6 is 23.2 Å². The molecule has 0 amide bonds. The van der Waals surface area contributed by atoms with E-state index in [0.717, 1.165) is 5.56 Å². The number of Topliss-reactive ketones (excluding diaryl/α,β-unsaturated/α-hetero) is 1. The van der Waals surface area contributed by atoms with Crippen LogP contribution in [0.1, 0.15) is 30.9 Å². The molecule has 2 N–H and O–H groups in total. The first kappa shape index (κ1) is 17.7. The first-order chi connectivity index (χ1) is 13.0. The minimum atomic E-state index is -0.664. The number of halogens is 2. The number of nitrogens with two attached hydrogens (primary N) is 1. The van der Waals surface area contributed by atoms with Crippen LogP contribution in [0.25, 0.3) is 11.3 Å². The molecule has 5 nitrogen and oxygen atoms in total. The molecule has 1 aliphatic carbocycles. The van der Waals surface area contributed by atoms with Gasteiger partial charge in [0.15, 0.2) is 5.78 Å². The van der Waals surface area contributed by atoms with Gasteiger partial charge in [0.1, 0.15) is 28.9 Å². The summed E-state index contributed by atoms with van der Waals surface area (Å²) in [6.45, 7) is 0. The lowest BCUT2D eigenvalue weighted by atomic mass is 9.80. The van der Waals surface area contributed by atoms with Gasteiger partial charge >= 0.3 is 0 Å². The van der Waals surface area contributed by atoms with Crippen LogP contribution in [-0.4, -0.2) is 5.78 Å². The van der Waals surface area contributed by atoms with Gasteiger partial charge in [-0.25, -0.2) is 0 Å². The highest BCUT2D eigenvalue weighted by atomic mass is 35.5. The van der Waals surface area contributed by atoms with Gasteiger partial charge < -0.3 is 14.9 Å². The summed E-state index contributed by atoms with van der Waals surface area (Å²) in [5, 5.41) is 10.4. The van der Waals surface area contributed by atoms with Gasteiger partial charge in [0, 0.05) is 24.0 Å². The number of ketones is 1. The minimum absolute atomic E-state index is 0.0171. The largest absolute Gasteiger partial charge is 0.460 e. The molecule has 1 aliphatic heterocycles. The summed E-state index contributed by atoms with van der Waals surface area (Å²) in [5.74, 6) is 0.846. The fourth-order valence-corrected chi connectivity index (χ4v) is 3.75. The average Bonchev–Trinajstić information content (AvgIpc) is 3.13. The molecule has 4 rings (SSSR count). The molecule has 0 radical (unpaired) electrons. The summed E-state index contributed by atoms with van der Waals surface area (Å²) in [7, 11) is 0. The molecule has 2 aliphatic rings. The Balaban J connectivity index is 1.81. The van der Waals surface area contributed by atoms with Crippen LogP contribution in [0.4, 0.5) is 0 Å². The lowest BCUT2D eigenvalue weighted by molar-refractivity contribution is -0.116. The zero-order valence-electron chi connectivity index (χ0n) is 14.1. The van der Waals surface area contributed by atoms with E-state index in [0.29, 0.717) is 52.2 Å². The Morgan fingerprint density at radius 3 is 2.70 bits per heavy atom. The van der Waals surface area contributed by atoms with E-state index < -0.39 is 5.92 Å². The number of nitriles is 1. The highest BCUT2D eigenvalue weighted by molar-refractivity contribution is 6.42. The van der Waals surface area contributed by atoms with Crippen LogP contribution in [0.3, 0.4) is 0 Å². The van der Waals surface area contributed by atoms with Crippen molar-refractivity contribution in [3.8, 4) is 17.4 Å². The van der Waals surface area contributed by atoms with Crippen molar-refractivity contribution in [3.63, 3.8) is 0 Å². The van der Waals surface area contributed by atoms with Crippen molar-refractivity contribution in [2.75, 3.05) is 0 Å². The number of allylic oxidation sites excluding steroid dienone is 3. The van der Waals surface area contributed by atoms with E-state index in [1.807, 2.05) is 0 Å². The fourth-order valence-electron chi connectivity index (χ4n) is 3.45. The van der Waals surface area contributed by atoms with E-state index in [4.69, 9.17) is 38.1 Å². The van der Waals surface area contributed by atoms with Crippen molar-refractivity contribution >= 4 is 29.0 Å². The summed E-state index contributed by atoms with van der Waals surface area (Å²) in [4.78, 5) is 12.6. The molecule has 1 aromatic heterocycles. The zero-order valence-corrected chi connectivity index (χ0v) is 15.6. The number of carbonyl (C=O) groups is 1. The van der Waals surface area contributed by atoms with Gasteiger partial charge in [-0.2, -0.15) is 5.26 Å². The maximum absolute atomic E-state index is 12.6. The van der Waals surface area contributed by atoms with E-state index in [1.54, 1.807) is 30.3 Å². The molecule has 0 spiro atoms. The molecule has 0 bridgehead atoms. The maximum Gasteiger partial charge on any atom is 0.205 e. The first-order valence-electron chi connectivity index (χ1n) is 8.38. The molecule has 0 saturated carbocycles. The van der Waals surface area contributed by atoms with E-state index in [-0.39, 0.29) is 17.2 Å². The van der Waals surface area contributed by atoms with Crippen molar-refractivity contribution in [3.05, 3.63) is 68.9 Å². The molecule has 27 heavy (non-hydrogen) atoms. The van der Waals surface area contributed by atoms with Gasteiger partial charge in [-0.1, -0.05) is 23.2 Å². The maximum atomic E-state index is 12.6. The number of carbonyl (C=O) groups excluding carboxylic acids is 1. The van der Waals surface area contributed by atoms with Crippen molar-refractivity contribution in [1.82, 2.24) is 0 Å². The fraction of sp³-hybridized carbons (Fsp3) is 0.200. The van der Waals surface area contributed by atoms with Crippen LogP contribution in [0.5, 0.6) is 0 Å². The van der Waals surface area contributed by atoms with Crippen LogP contribution in [0, 0.1) is 11.3 Å². The summed E-state index contributed by atoms with van der Waals surface area (Å²) >= 11 is 12.1. The molecule has 2 heterocycles. The van der Waals surface area contributed by atoms with Crippen molar-refractivity contribution in [1.29, 1.82) is 5.26 Å². The van der Waals surface area contributed by atoms with Crippen LogP contribution in [0.15, 0.2) is 57.5 Å². The molecule has 136 valence electrons. The average molecular weight is 401 g/mol. The minimum Gasteiger partial charge on any atom is -0.460 e. The smallest absolute Gasteiger partial charge is 0.205 e. The van der Waals surface area contributed by atoms with Gasteiger partial charge in [0.2, 0.25) is 5.88 Å². The number of benzene rings is 1. The molecule has 7 heteroatoms. The second-order valence-electron chi connectivity index (χ2n) is 6.37. The van der Waals surface area contributed by atoms with Gasteiger partial charge in [0.05, 0.1) is 16.0 Å². The van der Waals surface area contributed by atoms with Crippen molar-refractivity contribution < 1.29 is 13.9 Å². The van der Waals surface area contributed by atoms with Gasteiger partial charge in [-0.05, 0) is 36.8 Å². The molecule has 1 atom stereocenters. The van der Waals surface area contributed by atoms with E-state index in [9.17, 15) is 10.1 Å². The molecule has 0 unspecified atom stereocenters. The standard InChI is InChI=1S/C20H14Cl2N2O3/c21-12-5-4-10(8-13(12)22)15-6-7-17(26-15)18-11(9-23)20(24)27-16-3-1-2-14(25)19(16)18/h4-8,18H,1-3,24H2/t18-/m1/s1. The Hall–Kier alpha value is -2.68. The summed E-state index contributed by atoms with van der Waals surface area (Å²) in [6.07, 6.45) is 1.72. The van der Waals surface area contributed by atoms with Crippen LogP contribution in [-0.2, 0) is 9.53 Å². The number of rotatable bonds is 2. The number of hydrogen-bond acceptors (Lipinski definition) is 5. The zero-order chi connectivity index (χ0) is 19.1. The Labute approximate surface area is 165 Å². The third-order valence-electron chi connectivity index (χ3n) is 4.72. The summed E-state index contributed by atoms with van der Waals surface area (Å²) in [6, 6.07) is 10.7. The molecular weight excluding hydrogens is 387 g/mol. The molecule has 0 saturated heterocycles. The van der Waals surface area contributed by atoms with Crippen LogP contribution < -0.4 is 5.73 Å². The van der Waals surface area contributed by atoms with Gasteiger partial charge in [0.25, 0.3) is 0 Å². The molecule has 2 aromatic rings. The lowest BCUT2D eigenvalue weighted by Crippen LogP contribution is -2.27. The van der Waals surface area contributed by atoms with Crippen LogP contribution in [0.2, 0.25) is 10.0 Å². The quantitative estimate of drug-likeness (QED) is 0.759. The lowest BCUT2D eigenvalue weighted by Gasteiger charge is -2.29. The topological polar surface area (TPSA) is 89.3 Å². The van der Waals surface area contributed by atoms with E-state index in [1.165, 1.54) is 0 Å². The van der Waals surface area contributed by atoms with E-state index in [2.05, 4.69) is 6.07 Å². The second-order valence-corrected chi connectivity index (χ2v) is 7.18. The third-order valence-corrected chi connectivity index (χ3v) is 5.46. The van der Waals surface area contributed by atoms with Gasteiger partial charge in [-0.15, -0.1) is 0 Å². The Kier molecular flexibility index (Phi) is 4.47. The number of furan rings is 1. The summed E-state index contributed by atoms with van der Waals surface area (Å²) < 4.78 is 11.6. The van der Waals surface area contributed by atoms with Gasteiger partial charge in [-0.3, -0.25) is 4.79 Å². The molecular formula is C20H14Cl2N2O3. The number of ether oxygens (including phenoxy) is 1. The highest BCUT2D eigenvalue weighted by Crippen LogP contribution is 2.44. The highest BCUT2D eigenvalue weighted by Gasteiger charge is 2.39. The Bertz CT molecular complexity index is 1060. The van der Waals surface area contributed by atoms with Crippen molar-refractivity contribution in [2.45, 2.75) is 25.2 Å². The van der Waals surface area contributed by atoms with E-state index >= 15 is 0 Å². The first-order valence-corrected chi connectivity index (χ1v) is 9.14. The normalized spacial score (nSPS) is 19.6. The summed E-state index contributed by atoms with van der Waals surface area (Å²) in [5.41, 5.74) is 7.32. The Morgan fingerprint density at radius 1 is 1.15 bits per heavy atom. The third kappa shape index (κ3) is 3.01. The molecule has 1 aromatic carbocycles. The number of nitrogens with zero attached hydrogens (tertiary/aromatic N) is 1. The van der Waals surface area contributed by atoms with Crippen molar-refractivity contribution in [2.24, 2.45) is 5.73 Å². The predicted octanol–water partition coefficient (Wildman–Crippen LogP) is 5.07.